The second-order valence-corrected chi connectivity index (χ2v) is 18.9. The van der Waals surface area contributed by atoms with Crippen LogP contribution in [-0.4, -0.2) is 16.1 Å². The van der Waals surface area contributed by atoms with Crippen molar-refractivity contribution in [2.75, 3.05) is 0 Å². The molecule has 0 atom stereocenters. The largest absolute Gasteiger partial charge is 0.179 e. The summed E-state index contributed by atoms with van der Waals surface area (Å²) in [7, 11) is -5.38. The lowest BCUT2D eigenvalue weighted by atomic mass is 10.3. The molecule has 0 nitrogen and oxygen atoms in total. The van der Waals surface area contributed by atoms with Gasteiger partial charge in [-0.2, -0.15) is 0 Å². The molecule has 0 saturated carbocycles. The molecule has 218 valence electrons. The maximum absolute atomic E-state index is 2.69. The van der Waals surface area contributed by atoms with Crippen LogP contribution in [0.2, 0.25) is 0 Å². The summed E-state index contributed by atoms with van der Waals surface area (Å²) in [4.78, 5) is 0. The summed E-state index contributed by atoms with van der Waals surface area (Å²) in [5.74, 6) is 0. The van der Waals surface area contributed by atoms with E-state index in [4.69, 9.17) is 0 Å². The van der Waals surface area contributed by atoms with Crippen LogP contribution >= 0.6 is 0 Å². The topological polar surface area (TPSA) is 0 Å². The molecule has 7 aromatic rings. The van der Waals surface area contributed by atoms with Crippen LogP contribution in [0.1, 0.15) is 7.43 Å². The van der Waals surface area contributed by atoms with Crippen molar-refractivity contribution in [3.63, 3.8) is 0 Å². The van der Waals surface area contributed by atoms with Crippen LogP contribution in [0.15, 0.2) is 206 Å². The van der Waals surface area contributed by atoms with E-state index in [2.05, 4.69) is 206 Å². The second-order valence-electron chi connectivity index (χ2n) is 11.3. The molecular weight excluding hydrogens is 573 g/mol. The standard InChI is InChI=1S/C42H34Si2.CH4/c1-7-20-35(21-8-1)43(36-22-9-2-10-23-36,37-24-11-3-12-25-37)41-32-19-33-42(34-41)44(38-26-13-4-14-27-38,39-28-15-5-16-29-39)40-30-17-6-18-31-40;/h1-34H;1H4. The molecule has 0 amide bonds. The van der Waals surface area contributed by atoms with Crippen LogP contribution in [0.3, 0.4) is 0 Å². The van der Waals surface area contributed by atoms with Crippen molar-refractivity contribution in [2.24, 2.45) is 0 Å². The predicted molar refractivity (Wildman–Crippen MR) is 200 cm³/mol. The molecule has 0 aliphatic heterocycles. The fourth-order valence-corrected chi connectivity index (χ4v) is 16.9. The third-order valence-electron chi connectivity index (χ3n) is 8.97. The average Bonchev–Trinajstić information content (AvgIpc) is 3.12. The second kappa shape index (κ2) is 13.3. The fourth-order valence-electron chi connectivity index (χ4n) is 7.11. The Labute approximate surface area is 270 Å². The van der Waals surface area contributed by atoms with Gasteiger partial charge >= 0.3 is 0 Å². The van der Waals surface area contributed by atoms with E-state index in [0.29, 0.717) is 0 Å². The van der Waals surface area contributed by atoms with Gasteiger partial charge in [0, 0.05) is 0 Å². The first-order valence-corrected chi connectivity index (χ1v) is 19.3. The highest BCUT2D eigenvalue weighted by molar-refractivity contribution is 7.22. The van der Waals surface area contributed by atoms with Crippen LogP contribution in [0.5, 0.6) is 0 Å². The summed E-state index contributed by atoms with van der Waals surface area (Å²) < 4.78 is 0. The van der Waals surface area contributed by atoms with E-state index >= 15 is 0 Å². The van der Waals surface area contributed by atoms with Gasteiger partial charge in [0.2, 0.25) is 0 Å². The lowest BCUT2D eigenvalue weighted by Gasteiger charge is -2.38. The zero-order valence-corrected chi connectivity index (χ0v) is 26.6. The Hall–Kier alpha value is -5.03. The quantitative estimate of drug-likeness (QED) is 0.166. The van der Waals surface area contributed by atoms with Crippen molar-refractivity contribution in [1.29, 1.82) is 0 Å². The molecule has 0 bridgehead atoms. The molecule has 0 heterocycles. The molecule has 0 aromatic heterocycles. The van der Waals surface area contributed by atoms with Gasteiger partial charge in [0.05, 0.1) is 0 Å². The van der Waals surface area contributed by atoms with Crippen LogP contribution < -0.4 is 41.5 Å². The Morgan fingerprint density at radius 3 is 0.578 bits per heavy atom. The highest BCUT2D eigenvalue weighted by atomic mass is 28.3. The van der Waals surface area contributed by atoms with Gasteiger partial charge in [-0.3, -0.25) is 0 Å². The van der Waals surface area contributed by atoms with E-state index in [1.165, 1.54) is 41.5 Å². The zero-order chi connectivity index (χ0) is 29.7. The lowest BCUT2D eigenvalue weighted by molar-refractivity contribution is 1.65. The van der Waals surface area contributed by atoms with Gasteiger partial charge in [0.1, 0.15) is 0 Å². The Morgan fingerprint density at radius 1 is 0.200 bits per heavy atom. The van der Waals surface area contributed by atoms with E-state index < -0.39 is 16.1 Å². The van der Waals surface area contributed by atoms with Crippen molar-refractivity contribution in [3.05, 3.63) is 206 Å². The molecule has 7 aromatic carbocycles. The van der Waals surface area contributed by atoms with Gasteiger partial charge in [-0.15, -0.1) is 0 Å². The Bertz CT molecular complexity index is 1590. The van der Waals surface area contributed by atoms with E-state index in [1.807, 2.05) is 0 Å². The Kier molecular flexibility index (Phi) is 8.88. The molecule has 0 spiro atoms. The molecule has 0 aliphatic rings. The molecular formula is C43H38Si2. The highest BCUT2D eigenvalue weighted by Gasteiger charge is 2.45. The van der Waals surface area contributed by atoms with Gasteiger partial charge in [0.25, 0.3) is 0 Å². The van der Waals surface area contributed by atoms with E-state index in [0.717, 1.165) is 0 Å². The maximum atomic E-state index is 2.58. The summed E-state index contributed by atoms with van der Waals surface area (Å²) in [6, 6.07) is 77.0. The highest BCUT2D eigenvalue weighted by Crippen LogP contribution is 2.13. The Balaban J connectivity index is 0.00000357. The molecule has 0 radical (unpaired) electrons. The molecule has 0 saturated heterocycles. The summed E-state index contributed by atoms with van der Waals surface area (Å²) in [6.07, 6.45) is 0. The summed E-state index contributed by atoms with van der Waals surface area (Å²) in [5.41, 5.74) is 0. The maximum Gasteiger partial charge on any atom is 0.179 e. The number of hydrogen-bond acceptors (Lipinski definition) is 0. The van der Waals surface area contributed by atoms with Crippen LogP contribution in [0, 0.1) is 0 Å². The summed E-state index contributed by atoms with van der Waals surface area (Å²) >= 11 is 0. The van der Waals surface area contributed by atoms with Crippen LogP contribution in [0.4, 0.5) is 0 Å². The average molecular weight is 611 g/mol. The normalized spacial score (nSPS) is 11.4. The van der Waals surface area contributed by atoms with E-state index in [9.17, 15) is 0 Å². The third kappa shape index (κ3) is 5.23. The molecule has 2 heteroatoms. The molecule has 0 fully saturated rings. The third-order valence-corrected chi connectivity index (χ3v) is 18.5. The zero-order valence-electron chi connectivity index (χ0n) is 24.6. The molecule has 45 heavy (non-hydrogen) atoms. The van der Waals surface area contributed by atoms with E-state index in [1.54, 1.807) is 0 Å². The molecule has 0 aliphatic carbocycles. The lowest BCUT2D eigenvalue weighted by Crippen LogP contribution is -2.77. The molecule has 7 rings (SSSR count). The van der Waals surface area contributed by atoms with Crippen molar-refractivity contribution in [3.8, 4) is 0 Å². The van der Waals surface area contributed by atoms with Gasteiger partial charge in [-0.1, -0.05) is 214 Å². The van der Waals surface area contributed by atoms with E-state index in [-0.39, 0.29) is 7.43 Å². The molecule has 0 unspecified atom stereocenters. The Morgan fingerprint density at radius 2 is 0.378 bits per heavy atom. The van der Waals surface area contributed by atoms with Gasteiger partial charge in [0.15, 0.2) is 16.1 Å². The van der Waals surface area contributed by atoms with Crippen molar-refractivity contribution in [1.82, 2.24) is 0 Å². The van der Waals surface area contributed by atoms with Gasteiger partial charge < -0.3 is 0 Å². The van der Waals surface area contributed by atoms with Crippen molar-refractivity contribution in [2.45, 2.75) is 7.43 Å². The first-order valence-electron chi connectivity index (χ1n) is 15.3. The minimum absolute atomic E-state index is 0. The number of rotatable bonds is 8. The fraction of sp³-hybridized carbons (Fsp3) is 0.0233. The number of benzene rings is 7. The number of hydrogen-bond donors (Lipinski definition) is 0. The first-order chi connectivity index (χ1) is 21.8. The SMILES string of the molecule is C.c1ccc([Si](c2ccccc2)(c2ccccc2)c2cccc([Si](c3ccccc3)(c3ccccc3)c3ccccc3)c2)cc1. The van der Waals surface area contributed by atoms with Crippen molar-refractivity contribution >= 4 is 57.6 Å². The van der Waals surface area contributed by atoms with Gasteiger partial charge in [-0.25, -0.2) is 0 Å². The minimum Gasteiger partial charge on any atom is -0.0776 e. The first kappa shape index (κ1) is 30.0. The molecule has 0 N–H and O–H groups in total. The monoisotopic (exact) mass is 610 g/mol. The summed E-state index contributed by atoms with van der Waals surface area (Å²) in [6.45, 7) is 0. The minimum atomic E-state index is -2.69. The smallest absolute Gasteiger partial charge is 0.0776 e. The van der Waals surface area contributed by atoms with Crippen molar-refractivity contribution < 1.29 is 0 Å². The predicted octanol–water partition coefficient (Wildman–Crippen LogP) is 5.08. The van der Waals surface area contributed by atoms with Crippen LogP contribution in [0.25, 0.3) is 0 Å². The van der Waals surface area contributed by atoms with Gasteiger partial charge in [-0.05, 0) is 41.5 Å². The van der Waals surface area contributed by atoms with Crippen LogP contribution in [-0.2, 0) is 0 Å². The summed E-state index contributed by atoms with van der Waals surface area (Å²) in [5, 5.41) is 11.1.